The Bertz CT molecular complexity index is 602. The Hall–Kier alpha value is -1.88. The third-order valence-electron chi connectivity index (χ3n) is 4.13. The van der Waals surface area contributed by atoms with E-state index in [4.69, 9.17) is 4.52 Å². The molecule has 2 heterocycles. The fourth-order valence-electron chi connectivity index (χ4n) is 2.83. The van der Waals surface area contributed by atoms with Crippen LogP contribution in [-0.4, -0.2) is 41.2 Å². The van der Waals surface area contributed by atoms with E-state index in [2.05, 4.69) is 58.1 Å². The molecule has 1 unspecified atom stereocenters. The molecule has 5 nitrogen and oxygen atoms in total. The minimum absolute atomic E-state index is 0.186. The number of piperazine rings is 1. The standard InChI is InChI=1S/C16H22N4O/c1-12-5-4-6-15(11-12)20-9-7-19(8-10-20)13(2)16-17-14(3)18-21-16/h4-6,11,13H,7-10H2,1-3H3. The van der Waals surface area contributed by atoms with E-state index in [0.717, 1.165) is 32.1 Å². The maximum Gasteiger partial charge on any atom is 0.243 e. The summed E-state index contributed by atoms with van der Waals surface area (Å²) in [5.74, 6) is 1.42. The Balaban J connectivity index is 1.62. The summed E-state index contributed by atoms with van der Waals surface area (Å²) in [6.45, 7) is 10.2. The first-order chi connectivity index (χ1) is 10.1. The van der Waals surface area contributed by atoms with Gasteiger partial charge in [-0.3, -0.25) is 4.90 Å². The molecule has 1 aliphatic heterocycles. The van der Waals surface area contributed by atoms with Crippen molar-refractivity contribution in [1.82, 2.24) is 15.0 Å². The van der Waals surface area contributed by atoms with Crippen molar-refractivity contribution in [3.8, 4) is 0 Å². The summed E-state index contributed by atoms with van der Waals surface area (Å²) in [5, 5.41) is 3.88. The van der Waals surface area contributed by atoms with Gasteiger partial charge in [-0.2, -0.15) is 4.98 Å². The molecule has 0 amide bonds. The van der Waals surface area contributed by atoms with E-state index in [-0.39, 0.29) is 6.04 Å². The van der Waals surface area contributed by atoms with Crippen LogP contribution in [0, 0.1) is 13.8 Å². The highest BCUT2D eigenvalue weighted by atomic mass is 16.5. The number of hydrogen-bond acceptors (Lipinski definition) is 5. The second-order valence-electron chi connectivity index (χ2n) is 5.72. The van der Waals surface area contributed by atoms with Gasteiger partial charge in [0.1, 0.15) is 0 Å². The SMILES string of the molecule is Cc1cccc(N2CCN(C(C)c3nc(C)no3)CC2)c1. The predicted molar refractivity (Wildman–Crippen MR) is 82.4 cm³/mol. The molecule has 1 aliphatic rings. The summed E-state index contributed by atoms with van der Waals surface area (Å²) < 4.78 is 5.29. The first-order valence-electron chi connectivity index (χ1n) is 7.49. The molecule has 2 aromatic rings. The summed E-state index contributed by atoms with van der Waals surface area (Å²) in [4.78, 5) is 9.18. The van der Waals surface area contributed by atoms with Gasteiger partial charge in [-0.25, -0.2) is 0 Å². The van der Waals surface area contributed by atoms with Gasteiger partial charge in [0.15, 0.2) is 5.82 Å². The van der Waals surface area contributed by atoms with E-state index < -0.39 is 0 Å². The van der Waals surface area contributed by atoms with E-state index in [1.54, 1.807) is 0 Å². The fraction of sp³-hybridized carbons (Fsp3) is 0.500. The highest BCUT2D eigenvalue weighted by molar-refractivity contribution is 5.48. The molecular formula is C16H22N4O. The molecule has 1 atom stereocenters. The highest BCUT2D eigenvalue weighted by Crippen LogP contribution is 2.23. The molecule has 0 N–H and O–H groups in total. The Morgan fingerprint density at radius 2 is 1.90 bits per heavy atom. The van der Waals surface area contributed by atoms with Gasteiger partial charge in [-0.15, -0.1) is 0 Å². The first kappa shape index (κ1) is 14.1. The van der Waals surface area contributed by atoms with E-state index >= 15 is 0 Å². The van der Waals surface area contributed by atoms with Crippen LogP contribution in [0.25, 0.3) is 0 Å². The topological polar surface area (TPSA) is 45.4 Å². The first-order valence-corrected chi connectivity index (χ1v) is 7.49. The molecule has 112 valence electrons. The number of anilines is 1. The maximum atomic E-state index is 5.29. The normalized spacial score (nSPS) is 18.0. The minimum Gasteiger partial charge on any atom is -0.369 e. The lowest BCUT2D eigenvalue weighted by molar-refractivity contribution is 0.164. The van der Waals surface area contributed by atoms with Crippen molar-refractivity contribution in [2.45, 2.75) is 26.8 Å². The van der Waals surface area contributed by atoms with Crippen molar-refractivity contribution in [1.29, 1.82) is 0 Å². The van der Waals surface area contributed by atoms with E-state index in [1.165, 1.54) is 11.3 Å². The lowest BCUT2D eigenvalue weighted by Crippen LogP contribution is -2.47. The minimum atomic E-state index is 0.186. The maximum absolute atomic E-state index is 5.29. The van der Waals surface area contributed by atoms with Crippen LogP contribution in [0.15, 0.2) is 28.8 Å². The highest BCUT2D eigenvalue weighted by Gasteiger charge is 2.25. The van der Waals surface area contributed by atoms with Gasteiger partial charge < -0.3 is 9.42 Å². The third kappa shape index (κ3) is 3.08. The number of aromatic nitrogens is 2. The zero-order valence-electron chi connectivity index (χ0n) is 12.9. The number of nitrogens with zero attached hydrogens (tertiary/aromatic N) is 4. The summed E-state index contributed by atoms with van der Waals surface area (Å²) in [6.07, 6.45) is 0. The van der Waals surface area contributed by atoms with Gasteiger partial charge in [0.05, 0.1) is 6.04 Å². The molecule has 1 fully saturated rings. The monoisotopic (exact) mass is 286 g/mol. The van der Waals surface area contributed by atoms with E-state index in [0.29, 0.717) is 5.82 Å². The molecule has 3 rings (SSSR count). The lowest BCUT2D eigenvalue weighted by Gasteiger charge is -2.38. The molecule has 0 radical (unpaired) electrons. The van der Waals surface area contributed by atoms with Crippen LogP contribution in [0.4, 0.5) is 5.69 Å². The molecule has 0 bridgehead atoms. The molecule has 21 heavy (non-hydrogen) atoms. The Morgan fingerprint density at radius 3 is 2.52 bits per heavy atom. The quantitative estimate of drug-likeness (QED) is 0.867. The van der Waals surface area contributed by atoms with Crippen LogP contribution in [0.3, 0.4) is 0 Å². The van der Waals surface area contributed by atoms with Gasteiger partial charge in [0.25, 0.3) is 0 Å². The summed E-state index contributed by atoms with van der Waals surface area (Å²) >= 11 is 0. The van der Waals surface area contributed by atoms with Crippen molar-refractivity contribution in [3.05, 3.63) is 41.5 Å². The van der Waals surface area contributed by atoms with E-state index in [1.807, 2.05) is 6.92 Å². The zero-order valence-corrected chi connectivity index (χ0v) is 12.9. The second kappa shape index (κ2) is 5.85. The summed E-state index contributed by atoms with van der Waals surface area (Å²) in [7, 11) is 0. The summed E-state index contributed by atoms with van der Waals surface area (Å²) in [5.41, 5.74) is 2.63. The van der Waals surface area contributed by atoms with Gasteiger partial charge in [-0.1, -0.05) is 17.3 Å². The Labute approximate surface area is 125 Å². The smallest absolute Gasteiger partial charge is 0.243 e. The van der Waals surface area contributed by atoms with Crippen LogP contribution >= 0.6 is 0 Å². The molecule has 0 spiro atoms. The molecule has 1 saturated heterocycles. The average molecular weight is 286 g/mol. The number of benzene rings is 1. The van der Waals surface area contributed by atoms with Crippen molar-refractivity contribution in [2.75, 3.05) is 31.1 Å². The summed E-state index contributed by atoms with van der Waals surface area (Å²) in [6, 6.07) is 8.89. The van der Waals surface area contributed by atoms with Crippen molar-refractivity contribution in [3.63, 3.8) is 0 Å². The van der Waals surface area contributed by atoms with Gasteiger partial charge in [0.2, 0.25) is 5.89 Å². The van der Waals surface area contributed by atoms with Crippen LogP contribution in [0.5, 0.6) is 0 Å². The predicted octanol–water partition coefficient (Wildman–Crippen LogP) is 2.57. The van der Waals surface area contributed by atoms with Gasteiger partial charge in [0, 0.05) is 31.9 Å². The molecule has 1 aromatic carbocycles. The molecule has 0 saturated carbocycles. The Kier molecular flexibility index (Phi) is 3.92. The average Bonchev–Trinajstić information content (AvgIpc) is 2.93. The number of hydrogen-bond donors (Lipinski definition) is 0. The van der Waals surface area contributed by atoms with Crippen LogP contribution < -0.4 is 4.90 Å². The van der Waals surface area contributed by atoms with Crippen LogP contribution in [0.2, 0.25) is 0 Å². The largest absolute Gasteiger partial charge is 0.369 e. The van der Waals surface area contributed by atoms with Gasteiger partial charge in [-0.05, 0) is 38.5 Å². The number of aryl methyl sites for hydroxylation is 2. The third-order valence-corrected chi connectivity index (χ3v) is 4.13. The second-order valence-corrected chi connectivity index (χ2v) is 5.72. The molecule has 5 heteroatoms. The van der Waals surface area contributed by atoms with Crippen LogP contribution in [0.1, 0.15) is 30.2 Å². The van der Waals surface area contributed by atoms with E-state index in [9.17, 15) is 0 Å². The van der Waals surface area contributed by atoms with Crippen LogP contribution in [-0.2, 0) is 0 Å². The zero-order chi connectivity index (χ0) is 14.8. The molecule has 0 aliphatic carbocycles. The number of rotatable bonds is 3. The molecule has 1 aromatic heterocycles. The van der Waals surface area contributed by atoms with Crippen molar-refractivity contribution >= 4 is 5.69 Å². The Morgan fingerprint density at radius 1 is 1.14 bits per heavy atom. The van der Waals surface area contributed by atoms with Gasteiger partial charge >= 0.3 is 0 Å². The van der Waals surface area contributed by atoms with Crippen molar-refractivity contribution in [2.24, 2.45) is 0 Å². The lowest BCUT2D eigenvalue weighted by atomic mass is 10.1. The van der Waals surface area contributed by atoms with Crippen molar-refractivity contribution < 1.29 is 4.52 Å². The fourth-order valence-corrected chi connectivity index (χ4v) is 2.83. The molecular weight excluding hydrogens is 264 g/mol.